The molecule has 1 aliphatic carbocycles. The summed E-state index contributed by atoms with van der Waals surface area (Å²) < 4.78 is 5.01. The molecule has 0 amide bonds. The summed E-state index contributed by atoms with van der Waals surface area (Å²) in [5.74, 6) is 3.73. The quantitative estimate of drug-likeness (QED) is 0.0944. The maximum Gasteiger partial charge on any atom is 0.269 e. The number of aryl methyl sites for hydroxylation is 5. The number of nitrogens with one attached hydrogen (secondary N) is 1. The van der Waals surface area contributed by atoms with Crippen LogP contribution in [-0.4, -0.2) is 62.8 Å². The van der Waals surface area contributed by atoms with E-state index in [0.717, 1.165) is 97.9 Å². The monoisotopic (exact) mass is 1120 g/mol. The van der Waals surface area contributed by atoms with Gasteiger partial charge in [-0.25, -0.2) is 4.98 Å². The third kappa shape index (κ3) is 32.4. The van der Waals surface area contributed by atoms with E-state index in [0.29, 0.717) is 5.92 Å². The molecule has 1 fully saturated rings. The van der Waals surface area contributed by atoms with Crippen molar-refractivity contribution in [3.05, 3.63) is 233 Å². The standard InChI is InChI=1S/C9H12N2O2.C9H10N2.C9H12O.C9H12.C8H16.2C7H9N.C7H11N.C7H9N/c1-3-10(2)8-4-6-9(7-5-8)11(12)13;1-2-9-10-7-5-3-4-6-8(7)11-9;1-3-8-4-6-9(10-2)7-5-8;1-8(2)9-6-4-3-5-7-9;1-2-8-6-4-3-5-7-8;1-2-7-3-5-8-6-4-7;1-2-7-4-3-5-8-6-7;2*1-2-7-5-3-4-6-8-7/h4-7H,3H2,1-2H3;3-6H,2H2,1H3,(H,10,11);4-7H,3H2,1-2H3;3-8H,1-2H3;8H,2-7H2,1H3;2*3-6H,2H2,1H3;3,5H,2,4,6H2,1H3;3-6H,2H2,1H3. The molecule has 4 aromatic carbocycles. The molecule has 1 N–H and O–H groups in total. The summed E-state index contributed by atoms with van der Waals surface area (Å²) in [5, 5.41) is 10.3. The highest BCUT2D eigenvalue weighted by Crippen LogP contribution is 2.25. The van der Waals surface area contributed by atoms with Crippen LogP contribution in [0.5, 0.6) is 5.75 Å². The molecule has 0 atom stereocenters. The number of ether oxygens (including phenoxy) is 1. The van der Waals surface area contributed by atoms with Gasteiger partial charge in [0.1, 0.15) is 11.6 Å². The van der Waals surface area contributed by atoms with Crippen LogP contribution in [0.15, 0.2) is 194 Å². The van der Waals surface area contributed by atoms with E-state index in [1.54, 1.807) is 25.4 Å². The van der Waals surface area contributed by atoms with E-state index in [9.17, 15) is 10.1 Å². The molecule has 11 heteroatoms. The normalized spacial score (nSPS) is 11.8. The van der Waals surface area contributed by atoms with Crippen molar-refractivity contribution in [3.8, 4) is 5.75 Å². The topological polar surface area (TPSA) is 135 Å². The minimum absolute atomic E-state index is 0.133. The Hall–Kier alpha value is -7.79. The highest BCUT2D eigenvalue weighted by molar-refractivity contribution is 5.95. The summed E-state index contributed by atoms with van der Waals surface area (Å²) in [6.45, 7) is 23.4. The van der Waals surface area contributed by atoms with Crippen LogP contribution in [0.4, 0.5) is 11.4 Å². The lowest BCUT2D eigenvalue weighted by atomic mass is 9.88. The molecule has 4 aromatic heterocycles. The Morgan fingerprint density at radius 2 is 1.28 bits per heavy atom. The van der Waals surface area contributed by atoms with Gasteiger partial charge in [-0.05, 0) is 152 Å². The average Bonchev–Trinajstić information content (AvgIpc) is 4.03. The van der Waals surface area contributed by atoms with Gasteiger partial charge in [-0.1, -0.05) is 174 Å². The summed E-state index contributed by atoms with van der Waals surface area (Å²) in [7, 11) is 3.63. The first-order chi connectivity index (χ1) is 40.4. The summed E-state index contributed by atoms with van der Waals surface area (Å²) in [6.07, 6.45) is 29.8. The van der Waals surface area contributed by atoms with E-state index in [1.807, 2.05) is 123 Å². The molecule has 11 nitrogen and oxygen atoms in total. The lowest BCUT2D eigenvalue weighted by molar-refractivity contribution is -0.384. The molecule has 83 heavy (non-hydrogen) atoms. The number of nitrogens with zero attached hydrogens (tertiary/aromatic N) is 7. The zero-order chi connectivity index (χ0) is 60.7. The van der Waals surface area contributed by atoms with Gasteiger partial charge in [-0.3, -0.25) is 30.1 Å². The third-order valence-electron chi connectivity index (χ3n) is 13.7. The fourth-order valence-electron chi connectivity index (χ4n) is 8.10. The summed E-state index contributed by atoms with van der Waals surface area (Å²) in [5.41, 5.74) is 11.1. The zero-order valence-electron chi connectivity index (χ0n) is 52.5. The van der Waals surface area contributed by atoms with Crippen LogP contribution in [0.2, 0.25) is 0 Å². The van der Waals surface area contributed by atoms with Crippen molar-refractivity contribution in [1.29, 1.82) is 0 Å². The van der Waals surface area contributed by atoms with Gasteiger partial charge in [-0.2, -0.15) is 0 Å². The largest absolute Gasteiger partial charge is 0.497 e. The van der Waals surface area contributed by atoms with E-state index >= 15 is 0 Å². The first-order valence-electron chi connectivity index (χ1n) is 30.3. The van der Waals surface area contributed by atoms with E-state index in [1.165, 1.54) is 78.6 Å². The lowest BCUT2D eigenvalue weighted by Crippen LogP contribution is -2.15. The second kappa shape index (κ2) is 45.8. The molecule has 0 radical (unpaired) electrons. The van der Waals surface area contributed by atoms with Gasteiger partial charge in [-0.15, -0.1) is 0 Å². The number of hydrogen-bond donors (Lipinski definition) is 1. The molecular weight excluding hydrogens is 1020 g/mol. The fourth-order valence-corrected chi connectivity index (χ4v) is 8.10. The molecule has 0 spiro atoms. The molecule has 1 saturated carbocycles. The highest BCUT2D eigenvalue weighted by atomic mass is 16.6. The van der Waals surface area contributed by atoms with E-state index in [4.69, 9.17) is 4.74 Å². The fraction of sp³-hybridized carbons (Fsp3) is 0.403. The highest BCUT2D eigenvalue weighted by Gasteiger charge is 2.10. The van der Waals surface area contributed by atoms with Gasteiger partial charge in [0.2, 0.25) is 0 Å². The number of methoxy groups -OCH3 is 1. The zero-order valence-corrected chi connectivity index (χ0v) is 52.5. The summed E-state index contributed by atoms with van der Waals surface area (Å²) in [6, 6.07) is 47.3. The number of benzene rings is 4. The van der Waals surface area contributed by atoms with Gasteiger partial charge in [0, 0.05) is 86.8 Å². The van der Waals surface area contributed by atoms with E-state index < -0.39 is 4.92 Å². The van der Waals surface area contributed by atoms with Crippen molar-refractivity contribution in [2.75, 3.05) is 32.1 Å². The second-order valence-corrected chi connectivity index (χ2v) is 20.0. The number of allylic oxidation sites excluding steroid dienone is 1. The first-order valence-corrected chi connectivity index (χ1v) is 30.3. The number of non-ortho nitro benzene ring substituents is 1. The van der Waals surface area contributed by atoms with Crippen LogP contribution >= 0.6 is 0 Å². The van der Waals surface area contributed by atoms with Crippen LogP contribution in [0.3, 0.4) is 0 Å². The number of nitro benzene ring substituents is 1. The number of dihydropyridines is 1. The molecule has 446 valence electrons. The van der Waals surface area contributed by atoms with Crippen molar-refractivity contribution >= 4 is 28.1 Å². The van der Waals surface area contributed by atoms with Gasteiger partial charge >= 0.3 is 0 Å². The number of rotatable bonds is 12. The van der Waals surface area contributed by atoms with Gasteiger partial charge in [0.25, 0.3) is 5.69 Å². The molecule has 1 aliphatic heterocycles. The molecule has 0 saturated heterocycles. The van der Waals surface area contributed by atoms with E-state index in [2.05, 4.69) is 147 Å². The van der Waals surface area contributed by atoms with Gasteiger partial charge < -0.3 is 14.6 Å². The molecule has 5 heterocycles. The van der Waals surface area contributed by atoms with Crippen molar-refractivity contribution in [2.45, 2.75) is 159 Å². The number of hydrogen-bond acceptors (Lipinski definition) is 9. The number of fused-ring (bicyclic) bond motifs is 1. The number of anilines is 1. The van der Waals surface area contributed by atoms with Crippen molar-refractivity contribution in [3.63, 3.8) is 0 Å². The Balaban J connectivity index is 0.000000320. The maximum atomic E-state index is 10.3. The number of aliphatic imine (C=N–C) groups is 1. The van der Waals surface area contributed by atoms with E-state index in [-0.39, 0.29) is 5.69 Å². The minimum Gasteiger partial charge on any atom is -0.497 e. The number of H-pyrrole nitrogens is 1. The van der Waals surface area contributed by atoms with Crippen LogP contribution < -0.4 is 9.64 Å². The van der Waals surface area contributed by atoms with Crippen LogP contribution in [-0.2, 0) is 32.1 Å². The molecule has 0 bridgehead atoms. The average molecular weight is 1130 g/mol. The summed E-state index contributed by atoms with van der Waals surface area (Å²) in [4.78, 5) is 35.8. The Bertz CT molecular complexity index is 2700. The molecule has 10 rings (SSSR count). The predicted molar refractivity (Wildman–Crippen MR) is 354 cm³/mol. The van der Waals surface area contributed by atoms with Crippen molar-refractivity contribution in [2.24, 2.45) is 10.9 Å². The number of imidazole rings is 1. The first kappa shape index (κ1) is 71.3. The minimum atomic E-state index is -0.393. The van der Waals surface area contributed by atoms with Crippen molar-refractivity contribution < 1.29 is 9.66 Å². The number of para-hydroxylation sites is 2. The molecule has 2 aliphatic rings. The SMILES string of the molecule is CC(C)c1ccccc1.CCC1=NCCC=C1.CCC1CCCCC1.CCN(C)c1ccc([N+](=O)[O-])cc1.CCc1ccc(OC)cc1.CCc1ccccn1.CCc1cccnc1.CCc1ccncc1.CCc1nc2ccccc2[nH]1. The van der Waals surface area contributed by atoms with Crippen molar-refractivity contribution in [1.82, 2.24) is 24.9 Å². The summed E-state index contributed by atoms with van der Waals surface area (Å²) >= 11 is 0. The van der Waals surface area contributed by atoms with Gasteiger partial charge in [0.15, 0.2) is 0 Å². The number of pyridine rings is 3. The third-order valence-corrected chi connectivity index (χ3v) is 13.7. The Morgan fingerprint density at radius 1 is 0.639 bits per heavy atom. The predicted octanol–water partition coefficient (Wildman–Crippen LogP) is 18.9. The molecule has 0 unspecified atom stereocenters. The Kier molecular flexibility index (Phi) is 39.3. The van der Waals surface area contributed by atoms with Crippen LogP contribution in [0.1, 0.15) is 160 Å². The number of aromatic amines is 1. The lowest BCUT2D eigenvalue weighted by Gasteiger charge is -2.18. The van der Waals surface area contributed by atoms with Crippen LogP contribution in [0, 0.1) is 16.0 Å². The van der Waals surface area contributed by atoms with Gasteiger partial charge in [0.05, 0.1) is 23.1 Å². The number of nitro groups is 1. The Morgan fingerprint density at radius 3 is 1.70 bits per heavy atom. The molecule has 8 aromatic rings. The number of aromatic nitrogens is 5. The smallest absolute Gasteiger partial charge is 0.269 e. The second-order valence-electron chi connectivity index (χ2n) is 20.0. The Labute approximate surface area is 500 Å². The maximum absolute atomic E-state index is 10.3. The van der Waals surface area contributed by atoms with Crippen LogP contribution in [0.25, 0.3) is 11.0 Å². The molecular formula is C72H100N8O3.